The fraction of sp³-hybridized carbons (Fsp3) is 0.500. The molecule has 1 N–H and O–H groups in total. The quantitative estimate of drug-likeness (QED) is 0.420. The van der Waals surface area contributed by atoms with Crippen molar-refractivity contribution >= 4 is 49.1 Å². The van der Waals surface area contributed by atoms with Crippen LogP contribution in [0.15, 0.2) is 58.8 Å². The second kappa shape index (κ2) is 14.1. The molecule has 2 saturated heterocycles. The van der Waals surface area contributed by atoms with Crippen LogP contribution in [-0.4, -0.2) is 101 Å². The Morgan fingerprint density at radius 1 is 0.979 bits per heavy atom. The third-order valence-electron chi connectivity index (χ3n) is 7.94. The van der Waals surface area contributed by atoms with E-state index in [-0.39, 0.29) is 36.9 Å². The number of carbonyl (C=O) groups is 2. The number of halogens is 2. The lowest BCUT2D eigenvalue weighted by Gasteiger charge is -2.37. The second-order valence-electron chi connectivity index (χ2n) is 12.9. The van der Waals surface area contributed by atoms with Gasteiger partial charge in [0.1, 0.15) is 5.60 Å². The maximum absolute atomic E-state index is 15.7. The zero-order valence-corrected chi connectivity index (χ0v) is 29.6. The van der Waals surface area contributed by atoms with Crippen LogP contribution in [0.2, 0.25) is 5.02 Å². The first kappa shape index (κ1) is 36.6. The van der Waals surface area contributed by atoms with E-state index in [1.54, 1.807) is 41.3 Å². The van der Waals surface area contributed by atoms with Gasteiger partial charge in [0.15, 0.2) is 15.5 Å². The molecule has 2 fully saturated rings. The third kappa shape index (κ3) is 9.24. The SMILES string of the molecule is C[C@H](/C=C\S(C)(=O)=O)NC(=O)C1(F)CCN(S(=O)(=O)c2ccc(N3CCN(C(=O)OC(C)(C)C)CC3)cc2-c2ccccc2Cl)CC1. The molecular formula is C32H42ClFN4O7S2. The Kier molecular flexibility index (Phi) is 11.0. The summed E-state index contributed by atoms with van der Waals surface area (Å²) in [6, 6.07) is 11.1. The Hall–Kier alpha value is -3.20. The van der Waals surface area contributed by atoms with Crippen LogP contribution in [0, 0.1) is 0 Å². The van der Waals surface area contributed by atoms with Crippen molar-refractivity contribution in [3.63, 3.8) is 0 Å². The molecule has 2 aromatic rings. The summed E-state index contributed by atoms with van der Waals surface area (Å²) < 4.78 is 73.3. The minimum Gasteiger partial charge on any atom is -0.444 e. The van der Waals surface area contributed by atoms with E-state index < -0.39 is 43.1 Å². The number of anilines is 1. The lowest BCUT2D eigenvalue weighted by Crippen LogP contribution is -2.53. The van der Waals surface area contributed by atoms with Crippen LogP contribution in [0.25, 0.3) is 11.1 Å². The van der Waals surface area contributed by atoms with Gasteiger partial charge in [0.2, 0.25) is 10.0 Å². The zero-order valence-electron chi connectivity index (χ0n) is 27.2. The average molecular weight is 713 g/mol. The topological polar surface area (TPSA) is 133 Å². The number of piperazine rings is 1. The van der Waals surface area contributed by atoms with Crippen LogP contribution in [0.1, 0.15) is 40.5 Å². The van der Waals surface area contributed by atoms with Crippen LogP contribution >= 0.6 is 11.6 Å². The van der Waals surface area contributed by atoms with E-state index in [4.69, 9.17) is 16.3 Å². The molecule has 0 aromatic heterocycles. The zero-order chi connectivity index (χ0) is 34.8. The number of alkyl halides is 1. The van der Waals surface area contributed by atoms with Crippen molar-refractivity contribution in [3.8, 4) is 11.1 Å². The minimum absolute atomic E-state index is 0.00270. The van der Waals surface area contributed by atoms with Crippen LogP contribution in [0.3, 0.4) is 0 Å². The van der Waals surface area contributed by atoms with Gasteiger partial charge in [-0.1, -0.05) is 35.9 Å². The van der Waals surface area contributed by atoms with Gasteiger partial charge in [0.25, 0.3) is 5.91 Å². The highest BCUT2D eigenvalue weighted by atomic mass is 35.5. The van der Waals surface area contributed by atoms with Crippen LogP contribution in [0.5, 0.6) is 0 Å². The van der Waals surface area contributed by atoms with Crippen LogP contribution in [0.4, 0.5) is 14.9 Å². The molecule has 1 atom stereocenters. The number of ether oxygens (including phenoxy) is 1. The molecule has 4 rings (SSSR count). The molecule has 2 heterocycles. The Bertz CT molecular complexity index is 1730. The fourth-order valence-corrected chi connectivity index (χ4v) is 7.78. The summed E-state index contributed by atoms with van der Waals surface area (Å²) in [6.45, 7) is 8.33. The van der Waals surface area contributed by atoms with Gasteiger partial charge in [0, 0.05) is 91.7 Å². The number of sulfonamides is 1. The van der Waals surface area contributed by atoms with Crippen molar-refractivity contribution in [2.75, 3.05) is 50.4 Å². The molecule has 2 aliphatic heterocycles. The van der Waals surface area contributed by atoms with Crippen molar-refractivity contribution < 1.29 is 35.6 Å². The summed E-state index contributed by atoms with van der Waals surface area (Å²) in [4.78, 5) is 29.0. The van der Waals surface area contributed by atoms with Gasteiger partial charge in [-0.15, -0.1) is 0 Å². The predicted molar refractivity (Wildman–Crippen MR) is 180 cm³/mol. The molecule has 2 amide bonds. The number of piperidine rings is 1. The highest BCUT2D eigenvalue weighted by Gasteiger charge is 2.45. The van der Waals surface area contributed by atoms with E-state index in [0.717, 1.165) is 17.4 Å². The summed E-state index contributed by atoms with van der Waals surface area (Å²) >= 11 is 6.56. The molecule has 47 heavy (non-hydrogen) atoms. The number of nitrogens with zero attached hydrogens (tertiary/aromatic N) is 3. The first-order chi connectivity index (χ1) is 21.8. The molecule has 0 aliphatic carbocycles. The minimum atomic E-state index is -4.16. The Morgan fingerprint density at radius 3 is 2.17 bits per heavy atom. The molecule has 2 aromatic carbocycles. The summed E-state index contributed by atoms with van der Waals surface area (Å²) in [6.07, 6.45) is 1.12. The first-order valence-corrected chi connectivity index (χ1v) is 19.1. The summed E-state index contributed by atoms with van der Waals surface area (Å²) in [5.74, 6) is -0.923. The van der Waals surface area contributed by atoms with Crippen LogP contribution in [-0.2, 0) is 29.4 Å². The van der Waals surface area contributed by atoms with Crippen LogP contribution < -0.4 is 10.2 Å². The fourth-order valence-electron chi connectivity index (χ4n) is 5.40. The highest BCUT2D eigenvalue weighted by molar-refractivity contribution is 7.93. The molecule has 0 unspecified atom stereocenters. The van der Waals surface area contributed by atoms with Gasteiger partial charge >= 0.3 is 6.09 Å². The molecule has 15 heteroatoms. The lowest BCUT2D eigenvalue weighted by atomic mass is 9.93. The number of rotatable bonds is 8. The lowest BCUT2D eigenvalue weighted by molar-refractivity contribution is -0.135. The van der Waals surface area contributed by atoms with E-state index in [1.165, 1.54) is 23.4 Å². The number of hydrogen-bond acceptors (Lipinski definition) is 8. The molecular weight excluding hydrogens is 671 g/mol. The summed E-state index contributed by atoms with van der Waals surface area (Å²) in [5, 5.41) is 3.75. The predicted octanol–water partition coefficient (Wildman–Crippen LogP) is 4.62. The number of hydrogen-bond donors (Lipinski definition) is 1. The smallest absolute Gasteiger partial charge is 0.410 e. The number of nitrogens with one attached hydrogen (secondary N) is 1. The number of benzene rings is 2. The molecule has 0 bridgehead atoms. The van der Waals surface area contributed by atoms with Gasteiger partial charge in [0.05, 0.1) is 4.90 Å². The first-order valence-electron chi connectivity index (χ1n) is 15.3. The highest BCUT2D eigenvalue weighted by Crippen LogP contribution is 2.38. The molecule has 258 valence electrons. The van der Waals surface area contributed by atoms with E-state index >= 15 is 4.39 Å². The monoisotopic (exact) mass is 712 g/mol. The van der Waals surface area contributed by atoms with Gasteiger partial charge in [-0.3, -0.25) is 4.79 Å². The van der Waals surface area contributed by atoms with E-state index in [1.807, 2.05) is 20.8 Å². The summed E-state index contributed by atoms with van der Waals surface area (Å²) in [7, 11) is -7.58. The van der Waals surface area contributed by atoms with E-state index in [0.29, 0.717) is 42.3 Å². The van der Waals surface area contributed by atoms with Crippen molar-refractivity contribution in [2.45, 2.75) is 62.7 Å². The van der Waals surface area contributed by atoms with Crippen molar-refractivity contribution in [1.29, 1.82) is 0 Å². The van der Waals surface area contributed by atoms with Gasteiger partial charge < -0.3 is 19.9 Å². The van der Waals surface area contributed by atoms with Gasteiger partial charge in [-0.2, -0.15) is 4.31 Å². The van der Waals surface area contributed by atoms with Crippen molar-refractivity contribution in [3.05, 3.63) is 59.0 Å². The molecule has 0 radical (unpaired) electrons. The van der Waals surface area contributed by atoms with Gasteiger partial charge in [-0.05, 0) is 52.0 Å². The van der Waals surface area contributed by atoms with Gasteiger partial charge in [-0.25, -0.2) is 26.0 Å². The number of sulfone groups is 1. The van der Waals surface area contributed by atoms with Crippen molar-refractivity contribution in [1.82, 2.24) is 14.5 Å². The van der Waals surface area contributed by atoms with E-state index in [2.05, 4.69) is 10.2 Å². The Labute approximate surface area is 281 Å². The second-order valence-corrected chi connectivity index (χ2v) is 17.1. The number of amides is 2. The standard InChI is InChI=1S/C32H42ClFN4O7S2/c1-23(12-21-46(5,41)42)35-29(39)32(34)13-15-38(16-14-32)47(43,44)28-11-10-24(22-26(28)25-8-6-7-9-27(25)33)36-17-19-37(20-18-36)30(40)45-31(2,3)4/h6-12,21-23H,13-20H2,1-5H3,(H,35,39)/b21-12-/t23-/m1/s1. The number of carbonyl (C=O) groups excluding carboxylic acids is 2. The maximum atomic E-state index is 15.7. The molecule has 0 spiro atoms. The Balaban J connectivity index is 1.54. The Morgan fingerprint density at radius 2 is 1.60 bits per heavy atom. The molecule has 11 nitrogen and oxygen atoms in total. The van der Waals surface area contributed by atoms with Crippen molar-refractivity contribution in [2.24, 2.45) is 0 Å². The normalized spacial score (nSPS) is 18.6. The summed E-state index contributed by atoms with van der Waals surface area (Å²) in [5.41, 5.74) is -1.29. The molecule has 2 aliphatic rings. The molecule has 0 saturated carbocycles. The van der Waals surface area contributed by atoms with E-state index in [9.17, 15) is 26.4 Å². The largest absolute Gasteiger partial charge is 0.444 e. The average Bonchev–Trinajstić information content (AvgIpc) is 2.99. The third-order valence-corrected chi connectivity index (χ3v) is 10.9. The maximum Gasteiger partial charge on any atom is 0.410 e.